The average molecular weight is 610 g/mol. The number of carbonyl (C=O) groups is 2. The van der Waals surface area contributed by atoms with Crippen molar-refractivity contribution in [2.45, 2.75) is 30.3 Å². The Morgan fingerprint density at radius 2 is 1.81 bits per heavy atom. The maximum Gasteiger partial charge on any atom is 0.291 e. The van der Waals surface area contributed by atoms with Crippen LogP contribution >= 0.6 is 11.6 Å². The van der Waals surface area contributed by atoms with E-state index in [1.807, 2.05) is 0 Å². The predicted octanol–water partition coefficient (Wildman–Crippen LogP) is 2.34. The van der Waals surface area contributed by atoms with Gasteiger partial charge >= 0.3 is 0 Å². The van der Waals surface area contributed by atoms with Gasteiger partial charge in [-0.15, -0.1) is 0 Å². The van der Waals surface area contributed by atoms with Crippen LogP contribution in [0.15, 0.2) is 66.2 Å². The number of carbonyl (C=O) groups excluding carboxylic acids is 2. The van der Waals surface area contributed by atoms with Crippen LogP contribution in [0.2, 0.25) is 5.02 Å². The van der Waals surface area contributed by atoms with Crippen molar-refractivity contribution >= 4 is 44.3 Å². The number of aromatic nitrogens is 4. The van der Waals surface area contributed by atoms with Gasteiger partial charge in [-0.2, -0.15) is 9.04 Å². The van der Waals surface area contributed by atoms with Crippen LogP contribution in [-0.4, -0.2) is 76.6 Å². The highest BCUT2D eigenvalue weighted by atomic mass is 35.5. The number of pyridine rings is 1. The molecule has 1 unspecified atom stereocenters. The summed E-state index contributed by atoms with van der Waals surface area (Å²) in [5, 5.41) is 15.5. The first-order chi connectivity index (χ1) is 20.2. The van der Waals surface area contributed by atoms with Crippen molar-refractivity contribution in [3.05, 3.63) is 77.2 Å². The monoisotopic (exact) mass is 609 g/mol. The summed E-state index contributed by atoms with van der Waals surface area (Å²) in [6.45, 7) is 0.544. The summed E-state index contributed by atoms with van der Waals surface area (Å²) in [5.74, 6) is -0.434. The largest absolute Gasteiger partial charge is 0.619 e. The Morgan fingerprint density at radius 1 is 1.07 bits per heavy atom. The molecule has 1 aliphatic carbocycles. The molecule has 6 rings (SSSR count). The number of nitrogens with zero attached hydrogens (tertiary/aromatic N) is 5. The first kappa shape index (κ1) is 28.1. The second-order valence-electron chi connectivity index (χ2n) is 10.5. The Morgan fingerprint density at radius 3 is 2.52 bits per heavy atom. The number of rotatable bonds is 8. The highest BCUT2D eigenvalue weighted by Crippen LogP contribution is 2.29. The van der Waals surface area contributed by atoms with Gasteiger partial charge < -0.3 is 20.4 Å². The molecule has 14 heteroatoms. The van der Waals surface area contributed by atoms with Gasteiger partial charge in [0.25, 0.3) is 15.9 Å². The Hall–Kier alpha value is -4.07. The maximum atomic E-state index is 13.6. The van der Waals surface area contributed by atoms with E-state index in [4.69, 9.17) is 11.6 Å². The summed E-state index contributed by atoms with van der Waals surface area (Å²) in [6.07, 6.45) is 7.84. The van der Waals surface area contributed by atoms with E-state index >= 15 is 0 Å². The minimum Gasteiger partial charge on any atom is -0.619 e. The summed E-state index contributed by atoms with van der Waals surface area (Å²) in [6, 6.07) is 9.38. The van der Waals surface area contributed by atoms with Gasteiger partial charge in [0.15, 0.2) is 12.4 Å². The fraction of sp³-hybridized carbons (Fsp3) is 0.321. The number of sulfonamides is 1. The number of hydrogen-bond acceptors (Lipinski definition) is 7. The number of aromatic amines is 1. The highest BCUT2D eigenvalue weighted by Gasteiger charge is 2.38. The van der Waals surface area contributed by atoms with E-state index < -0.39 is 22.0 Å². The van der Waals surface area contributed by atoms with E-state index in [1.54, 1.807) is 41.3 Å². The number of nitrogens with one attached hydrogen (secondary N) is 2. The molecule has 4 aromatic rings. The maximum absolute atomic E-state index is 13.6. The summed E-state index contributed by atoms with van der Waals surface area (Å²) in [7, 11) is -3.91. The van der Waals surface area contributed by atoms with Crippen molar-refractivity contribution in [3.8, 4) is 11.1 Å². The molecule has 3 aromatic heterocycles. The van der Waals surface area contributed by atoms with E-state index in [1.165, 1.54) is 29.1 Å². The summed E-state index contributed by atoms with van der Waals surface area (Å²) >= 11 is 6.08. The second kappa shape index (κ2) is 11.3. The van der Waals surface area contributed by atoms with E-state index in [-0.39, 0.29) is 42.3 Å². The molecule has 0 bridgehead atoms. The standard InChI is InChI=1S/C28H28ClN7O5S/c29-22-3-4-24-20(13-22)14-25(33-24)42(40,41)35-11-12-36(23(17-35)5-8-30-27(37)19-1-2-19)28(38)26-31-15-21(16-32-26)18-6-9-34(39)10-7-18/h3-4,6-7,9-10,13-16,19,23,33H,1-2,5,8,11-12,17H2,(H,30,37). The number of halogens is 1. The van der Waals surface area contributed by atoms with Crippen molar-refractivity contribution < 1.29 is 22.7 Å². The lowest BCUT2D eigenvalue weighted by Crippen LogP contribution is -2.57. The Bertz CT molecular complexity index is 1740. The summed E-state index contributed by atoms with van der Waals surface area (Å²) < 4.78 is 29.3. The van der Waals surface area contributed by atoms with Gasteiger partial charge in [-0.05, 0) is 49.1 Å². The van der Waals surface area contributed by atoms with Crippen LogP contribution in [0.4, 0.5) is 0 Å². The SMILES string of the molecule is O=C(NCCC1CN(S(=O)(=O)c2cc3cc(Cl)ccc3[nH]2)CCN1C(=O)c1ncc(-c2cc[n+]([O-])cc2)cn1)C1CC1. The lowest BCUT2D eigenvalue weighted by molar-refractivity contribution is -0.605. The lowest BCUT2D eigenvalue weighted by Gasteiger charge is -2.40. The van der Waals surface area contributed by atoms with Crippen LogP contribution in [0.5, 0.6) is 0 Å². The molecule has 42 heavy (non-hydrogen) atoms. The predicted molar refractivity (Wildman–Crippen MR) is 154 cm³/mol. The number of hydrogen-bond donors (Lipinski definition) is 2. The molecule has 1 saturated carbocycles. The van der Waals surface area contributed by atoms with Gasteiger partial charge in [-0.25, -0.2) is 18.4 Å². The molecule has 1 saturated heterocycles. The molecule has 2 N–H and O–H groups in total. The van der Waals surface area contributed by atoms with Gasteiger partial charge in [0.05, 0.1) is 0 Å². The number of benzene rings is 1. The van der Waals surface area contributed by atoms with Crippen molar-refractivity contribution in [2.24, 2.45) is 5.92 Å². The molecule has 0 spiro atoms. The number of fused-ring (bicyclic) bond motifs is 1. The van der Waals surface area contributed by atoms with Crippen molar-refractivity contribution in [1.82, 2.24) is 29.5 Å². The minimum atomic E-state index is -3.91. The molecule has 2 amide bonds. The Labute approximate surface area is 247 Å². The molecule has 2 fully saturated rings. The zero-order valence-corrected chi connectivity index (χ0v) is 24.0. The third kappa shape index (κ3) is 5.80. The second-order valence-corrected chi connectivity index (χ2v) is 12.8. The molecule has 12 nitrogen and oxygen atoms in total. The molecule has 2 aliphatic rings. The van der Waals surface area contributed by atoms with Crippen LogP contribution in [0.1, 0.15) is 29.9 Å². The van der Waals surface area contributed by atoms with Gasteiger partial charge in [0.1, 0.15) is 5.03 Å². The number of piperazine rings is 1. The fourth-order valence-electron chi connectivity index (χ4n) is 5.09. The van der Waals surface area contributed by atoms with Gasteiger partial charge in [-0.1, -0.05) is 11.6 Å². The normalized spacial score (nSPS) is 17.8. The molecular formula is C28H28ClN7O5S. The van der Waals surface area contributed by atoms with Crippen LogP contribution in [-0.2, 0) is 14.8 Å². The zero-order valence-electron chi connectivity index (χ0n) is 22.4. The van der Waals surface area contributed by atoms with Gasteiger partial charge in [0, 0.05) is 84.2 Å². The number of H-pyrrole nitrogens is 1. The van der Waals surface area contributed by atoms with Crippen LogP contribution in [0.25, 0.3) is 22.0 Å². The van der Waals surface area contributed by atoms with Crippen LogP contribution in [0.3, 0.4) is 0 Å². The molecule has 1 atom stereocenters. The minimum absolute atomic E-state index is 0.0211. The third-order valence-corrected chi connectivity index (χ3v) is 9.61. The molecule has 1 aromatic carbocycles. The number of amides is 2. The average Bonchev–Trinajstić information content (AvgIpc) is 3.76. The molecule has 4 heterocycles. The quantitative estimate of drug-likeness (QED) is 0.229. The Kier molecular flexibility index (Phi) is 7.56. The molecule has 1 aliphatic heterocycles. The first-order valence-corrected chi connectivity index (χ1v) is 15.4. The van der Waals surface area contributed by atoms with Crippen LogP contribution in [0, 0.1) is 11.1 Å². The van der Waals surface area contributed by atoms with Crippen molar-refractivity contribution in [3.63, 3.8) is 0 Å². The zero-order chi connectivity index (χ0) is 29.4. The highest BCUT2D eigenvalue weighted by molar-refractivity contribution is 7.89. The molecule has 218 valence electrons. The first-order valence-electron chi connectivity index (χ1n) is 13.6. The lowest BCUT2D eigenvalue weighted by atomic mass is 10.1. The van der Waals surface area contributed by atoms with Crippen molar-refractivity contribution in [2.75, 3.05) is 26.2 Å². The van der Waals surface area contributed by atoms with Crippen LogP contribution < -0.4 is 10.0 Å². The third-order valence-electron chi connectivity index (χ3n) is 7.59. The molecule has 0 radical (unpaired) electrons. The topological polar surface area (TPSA) is 155 Å². The smallest absolute Gasteiger partial charge is 0.291 e. The summed E-state index contributed by atoms with van der Waals surface area (Å²) in [5.41, 5.74) is 2.01. The van der Waals surface area contributed by atoms with E-state index in [9.17, 15) is 23.2 Å². The molecular weight excluding hydrogens is 582 g/mol. The summed E-state index contributed by atoms with van der Waals surface area (Å²) in [4.78, 5) is 38.9. The Balaban J connectivity index is 1.21. The van der Waals surface area contributed by atoms with E-state index in [0.29, 0.717) is 39.2 Å². The fourth-order valence-corrected chi connectivity index (χ4v) is 6.75. The van der Waals surface area contributed by atoms with E-state index in [0.717, 1.165) is 18.4 Å². The van der Waals surface area contributed by atoms with Gasteiger partial charge in [-0.3, -0.25) is 9.59 Å². The van der Waals surface area contributed by atoms with Gasteiger partial charge in [0.2, 0.25) is 11.7 Å². The van der Waals surface area contributed by atoms with Crippen molar-refractivity contribution in [1.29, 1.82) is 0 Å². The van der Waals surface area contributed by atoms with E-state index in [2.05, 4.69) is 20.3 Å².